The number of hydrogen-bond acceptors (Lipinski definition) is 3. The topological polar surface area (TPSA) is 46.3 Å². The molecule has 1 aliphatic heterocycles. The normalized spacial score (nSPS) is 25.8. The van der Waals surface area contributed by atoms with Crippen molar-refractivity contribution in [1.29, 1.82) is 0 Å². The molecule has 1 aromatic carbocycles. The lowest BCUT2D eigenvalue weighted by atomic mass is 9.92. The molecule has 0 aromatic heterocycles. The van der Waals surface area contributed by atoms with Crippen molar-refractivity contribution >= 4 is 30.1 Å². The van der Waals surface area contributed by atoms with Gasteiger partial charge in [-0.05, 0) is 24.8 Å². The molecule has 1 amide bonds. The number of nitrogens with two attached hydrogens (primary N) is 1. The van der Waals surface area contributed by atoms with Gasteiger partial charge in [0.05, 0.1) is 6.04 Å². The number of carbonyl (C=O) groups excluding carboxylic acids is 1. The molecule has 0 radical (unpaired) electrons. The Morgan fingerprint density at radius 1 is 1.27 bits per heavy atom. The van der Waals surface area contributed by atoms with Crippen molar-refractivity contribution in [2.24, 2.45) is 5.73 Å². The number of rotatable bonds is 3. The van der Waals surface area contributed by atoms with Crippen LogP contribution in [0.1, 0.15) is 31.2 Å². The highest BCUT2D eigenvalue weighted by atomic mass is 35.5. The van der Waals surface area contributed by atoms with Gasteiger partial charge in [-0.25, -0.2) is 0 Å². The Morgan fingerprint density at radius 3 is 2.77 bits per heavy atom. The molecule has 0 spiro atoms. The zero-order chi connectivity index (χ0) is 14.7. The summed E-state index contributed by atoms with van der Waals surface area (Å²) in [4.78, 5) is 14.8. The van der Waals surface area contributed by atoms with Gasteiger partial charge in [-0.15, -0.1) is 12.4 Å². The van der Waals surface area contributed by atoms with E-state index in [9.17, 15) is 4.79 Å². The first-order valence-electron chi connectivity index (χ1n) is 7.97. The summed E-state index contributed by atoms with van der Waals surface area (Å²) in [6.45, 7) is 0.868. The van der Waals surface area contributed by atoms with Gasteiger partial charge < -0.3 is 10.6 Å². The predicted molar refractivity (Wildman–Crippen MR) is 95.6 cm³/mol. The summed E-state index contributed by atoms with van der Waals surface area (Å²) < 4.78 is 0. The second-order valence-electron chi connectivity index (χ2n) is 6.09. The maximum Gasteiger partial charge on any atom is 0.240 e. The van der Waals surface area contributed by atoms with Crippen molar-refractivity contribution in [3.05, 3.63) is 35.9 Å². The summed E-state index contributed by atoms with van der Waals surface area (Å²) in [6.07, 6.45) is 5.61. The SMILES string of the molecule is Cl.N[C@@H](Cc1ccccc1)C(=O)N1CCSC2CCCCC21. The van der Waals surface area contributed by atoms with Gasteiger partial charge in [0.15, 0.2) is 0 Å². The van der Waals surface area contributed by atoms with Crippen LogP contribution in [0.4, 0.5) is 0 Å². The smallest absolute Gasteiger partial charge is 0.240 e. The van der Waals surface area contributed by atoms with E-state index in [-0.39, 0.29) is 18.3 Å². The van der Waals surface area contributed by atoms with Crippen molar-refractivity contribution in [3.63, 3.8) is 0 Å². The van der Waals surface area contributed by atoms with E-state index in [0.29, 0.717) is 17.7 Å². The van der Waals surface area contributed by atoms with Crippen molar-refractivity contribution in [2.45, 2.75) is 49.4 Å². The van der Waals surface area contributed by atoms with Gasteiger partial charge in [-0.3, -0.25) is 4.79 Å². The molecule has 3 rings (SSSR count). The predicted octanol–water partition coefficient (Wildman–Crippen LogP) is 2.86. The van der Waals surface area contributed by atoms with E-state index in [1.165, 1.54) is 19.3 Å². The van der Waals surface area contributed by atoms with E-state index in [4.69, 9.17) is 5.73 Å². The van der Waals surface area contributed by atoms with Crippen molar-refractivity contribution in [2.75, 3.05) is 12.3 Å². The van der Waals surface area contributed by atoms with Crippen LogP contribution in [-0.2, 0) is 11.2 Å². The van der Waals surface area contributed by atoms with Gasteiger partial charge >= 0.3 is 0 Å². The minimum atomic E-state index is -0.405. The van der Waals surface area contributed by atoms with E-state index in [1.54, 1.807) is 0 Å². The second kappa shape index (κ2) is 8.23. The average Bonchev–Trinajstić information content (AvgIpc) is 2.54. The third-order valence-corrected chi connectivity index (χ3v) is 6.03. The Hall–Kier alpha value is -0.710. The molecule has 122 valence electrons. The van der Waals surface area contributed by atoms with Crippen LogP contribution in [0.15, 0.2) is 30.3 Å². The lowest BCUT2D eigenvalue weighted by molar-refractivity contribution is -0.135. The summed E-state index contributed by atoms with van der Waals surface area (Å²) in [6, 6.07) is 10.1. The zero-order valence-corrected chi connectivity index (χ0v) is 14.5. The number of nitrogens with zero attached hydrogens (tertiary/aromatic N) is 1. The summed E-state index contributed by atoms with van der Waals surface area (Å²) in [5.41, 5.74) is 7.35. The summed E-state index contributed by atoms with van der Waals surface area (Å²) in [5, 5.41) is 0.639. The molecule has 1 aromatic rings. The first-order chi connectivity index (χ1) is 10.3. The Bertz CT molecular complexity index is 483. The van der Waals surface area contributed by atoms with E-state index in [2.05, 4.69) is 4.90 Å². The largest absolute Gasteiger partial charge is 0.336 e. The molecule has 0 bridgehead atoms. The third-order valence-electron chi connectivity index (χ3n) is 4.63. The molecule has 2 aliphatic rings. The standard InChI is InChI=1S/C17H24N2OS.ClH/c18-14(12-13-6-2-1-3-7-13)17(20)19-10-11-21-16-9-5-4-8-15(16)19;/h1-3,6-7,14-16H,4-5,8-12,18H2;1H/t14-,15?,16?;/m0./s1. The van der Waals surface area contributed by atoms with Gasteiger partial charge in [0.1, 0.15) is 0 Å². The van der Waals surface area contributed by atoms with Gasteiger partial charge in [0.2, 0.25) is 5.91 Å². The maximum absolute atomic E-state index is 12.7. The van der Waals surface area contributed by atoms with Crippen molar-refractivity contribution < 1.29 is 4.79 Å². The van der Waals surface area contributed by atoms with Crippen LogP contribution in [0.2, 0.25) is 0 Å². The quantitative estimate of drug-likeness (QED) is 0.920. The van der Waals surface area contributed by atoms with Gasteiger partial charge in [0.25, 0.3) is 0 Å². The third kappa shape index (κ3) is 3.98. The molecule has 3 nitrogen and oxygen atoms in total. The summed E-state index contributed by atoms with van der Waals surface area (Å²) in [5.74, 6) is 1.21. The number of thioether (sulfide) groups is 1. The number of benzene rings is 1. The van der Waals surface area contributed by atoms with E-state index in [0.717, 1.165) is 24.3 Å². The molecule has 2 unspecified atom stereocenters. The van der Waals surface area contributed by atoms with Crippen LogP contribution in [-0.4, -0.2) is 40.4 Å². The number of carbonyl (C=O) groups is 1. The van der Waals surface area contributed by atoms with Crippen molar-refractivity contribution in [3.8, 4) is 0 Å². The molecule has 2 fully saturated rings. The maximum atomic E-state index is 12.7. The van der Waals surface area contributed by atoms with Crippen LogP contribution in [0.3, 0.4) is 0 Å². The average molecular weight is 341 g/mol. The fraction of sp³-hybridized carbons (Fsp3) is 0.588. The zero-order valence-electron chi connectivity index (χ0n) is 12.8. The summed E-state index contributed by atoms with van der Waals surface area (Å²) >= 11 is 2.05. The Kier molecular flexibility index (Phi) is 6.60. The van der Waals surface area contributed by atoms with Crippen LogP contribution >= 0.6 is 24.2 Å². The molecule has 1 aliphatic carbocycles. The Balaban J connectivity index is 0.00000176. The monoisotopic (exact) mass is 340 g/mol. The van der Waals surface area contributed by atoms with Crippen LogP contribution in [0.5, 0.6) is 0 Å². The van der Waals surface area contributed by atoms with Crippen molar-refractivity contribution in [1.82, 2.24) is 4.90 Å². The van der Waals surface area contributed by atoms with Crippen LogP contribution in [0.25, 0.3) is 0 Å². The highest BCUT2D eigenvalue weighted by Gasteiger charge is 2.37. The Labute approximate surface area is 143 Å². The summed E-state index contributed by atoms with van der Waals surface area (Å²) in [7, 11) is 0. The lowest BCUT2D eigenvalue weighted by Gasteiger charge is -2.44. The molecule has 1 saturated heterocycles. The lowest BCUT2D eigenvalue weighted by Crippen LogP contribution is -2.56. The van der Waals surface area contributed by atoms with E-state index < -0.39 is 6.04 Å². The van der Waals surface area contributed by atoms with Gasteiger partial charge in [-0.2, -0.15) is 11.8 Å². The van der Waals surface area contributed by atoms with E-state index in [1.807, 2.05) is 42.1 Å². The molecular weight excluding hydrogens is 316 g/mol. The van der Waals surface area contributed by atoms with Crippen LogP contribution < -0.4 is 5.73 Å². The molecule has 1 heterocycles. The molecular formula is C17H25ClN2OS. The highest BCUT2D eigenvalue weighted by Crippen LogP contribution is 2.35. The molecule has 2 N–H and O–H groups in total. The second-order valence-corrected chi connectivity index (χ2v) is 7.44. The minimum absolute atomic E-state index is 0. The first kappa shape index (κ1) is 17.6. The first-order valence-corrected chi connectivity index (χ1v) is 9.02. The van der Waals surface area contributed by atoms with Gasteiger partial charge in [-0.1, -0.05) is 43.2 Å². The van der Waals surface area contributed by atoms with Gasteiger partial charge in [0, 0.05) is 23.6 Å². The molecule has 5 heteroatoms. The fourth-order valence-electron chi connectivity index (χ4n) is 3.54. The minimum Gasteiger partial charge on any atom is -0.336 e. The molecule has 3 atom stereocenters. The Morgan fingerprint density at radius 2 is 2.00 bits per heavy atom. The molecule has 22 heavy (non-hydrogen) atoms. The number of hydrogen-bond donors (Lipinski definition) is 1. The van der Waals surface area contributed by atoms with E-state index >= 15 is 0 Å². The number of fused-ring (bicyclic) bond motifs is 1. The molecule has 1 saturated carbocycles. The number of amides is 1. The fourth-order valence-corrected chi connectivity index (χ4v) is 4.98. The number of halogens is 1. The highest BCUT2D eigenvalue weighted by molar-refractivity contribution is 8.00. The van der Waals surface area contributed by atoms with Crippen LogP contribution in [0, 0.1) is 0 Å².